The van der Waals surface area contributed by atoms with Crippen LogP contribution in [0.5, 0.6) is 0 Å². The average Bonchev–Trinajstić information content (AvgIpc) is 3.75. The summed E-state index contributed by atoms with van der Waals surface area (Å²) in [6, 6.07) is 64.8. The van der Waals surface area contributed by atoms with Gasteiger partial charge in [-0.3, -0.25) is 0 Å². The van der Waals surface area contributed by atoms with Crippen molar-refractivity contribution in [3.8, 4) is 0 Å². The second-order valence-electron chi connectivity index (χ2n) is 18.6. The van der Waals surface area contributed by atoms with Gasteiger partial charge in [-0.2, -0.15) is 0 Å². The molecule has 300 valence electrons. The molecule has 65 heavy (non-hydrogen) atoms. The van der Waals surface area contributed by atoms with Gasteiger partial charge in [-0.1, -0.05) is 0 Å². The van der Waals surface area contributed by atoms with Crippen molar-refractivity contribution < 1.29 is 0 Å². The molecule has 0 N–H and O–H groups in total. The second kappa shape index (κ2) is 11.4. The van der Waals surface area contributed by atoms with Crippen LogP contribution in [-0.2, 0) is 0 Å². The predicted molar refractivity (Wildman–Crippen MR) is 276 cm³/mol. The van der Waals surface area contributed by atoms with Gasteiger partial charge in [-0.25, -0.2) is 0 Å². The molecule has 10 aromatic rings. The topological polar surface area (TPSA) is 19.4 Å². The monoisotopic (exact) mass is 892 g/mol. The molecule has 0 spiro atoms. The Bertz CT molecular complexity index is 3670. The van der Waals surface area contributed by atoms with Gasteiger partial charge in [0.15, 0.2) is 0 Å². The first-order valence-corrected chi connectivity index (χ1v) is 24.3. The molecule has 0 atom stereocenters. The Labute approximate surface area is 382 Å². The molecule has 0 fully saturated rings. The quantitative estimate of drug-likeness (QED) is 0.140. The molecule has 9 heteroatoms. The van der Waals surface area contributed by atoms with Gasteiger partial charge in [0.05, 0.1) is 0 Å². The standard InChI is InChI=1S/C56H34B2N6Se/c1-59-37-17-7-9-19-39(37)63-47-29-33-15-5-3-13-31(33)27-35(47)57-49-43(23-25-45(59)51(49)63)61-41-21-11-12-22-42(41)62-44-24-26-46-52-50(44)58(56-54(62)53(61)55(57)65-56)36-28-32-14-4-6-16-34(32)30-48(36)64(52)40-20-10-8-18-38(40)60(46)2/h3-30H,1-2H3. The van der Waals surface area contributed by atoms with Gasteiger partial charge in [0.2, 0.25) is 0 Å². The van der Waals surface area contributed by atoms with Crippen molar-refractivity contribution in [2.45, 2.75) is 0 Å². The third-order valence-corrected chi connectivity index (χ3v) is 18.4. The van der Waals surface area contributed by atoms with Crippen LogP contribution in [0.2, 0.25) is 0 Å². The minimum absolute atomic E-state index is 0.00745. The Hall–Kier alpha value is -7.57. The van der Waals surface area contributed by atoms with E-state index in [1.165, 1.54) is 134 Å². The zero-order chi connectivity index (χ0) is 42.1. The Morgan fingerprint density at radius 3 is 1.05 bits per heavy atom. The first-order chi connectivity index (χ1) is 32.1. The molecule has 0 amide bonds. The minimum atomic E-state index is -0.00745. The zero-order valence-electron chi connectivity index (χ0n) is 35.4. The van der Waals surface area contributed by atoms with Crippen molar-refractivity contribution in [2.24, 2.45) is 0 Å². The summed E-state index contributed by atoms with van der Waals surface area (Å²) >= 11 is -0.00745. The van der Waals surface area contributed by atoms with Crippen LogP contribution in [0.1, 0.15) is 0 Å². The van der Waals surface area contributed by atoms with E-state index in [1.54, 1.807) is 8.67 Å². The normalized spacial score (nSPS) is 15.3. The molecule has 0 radical (unpaired) electrons. The van der Waals surface area contributed by atoms with Gasteiger partial charge in [0.25, 0.3) is 0 Å². The van der Waals surface area contributed by atoms with Crippen molar-refractivity contribution in [3.05, 3.63) is 170 Å². The van der Waals surface area contributed by atoms with Crippen LogP contribution in [0.3, 0.4) is 0 Å². The summed E-state index contributed by atoms with van der Waals surface area (Å²) in [7, 11) is 4.50. The summed E-state index contributed by atoms with van der Waals surface area (Å²) in [4.78, 5) is 15.4. The molecule has 7 aliphatic heterocycles. The molecule has 1 aromatic heterocycles. The van der Waals surface area contributed by atoms with E-state index in [1.807, 2.05) is 0 Å². The van der Waals surface area contributed by atoms with E-state index < -0.39 is 0 Å². The van der Waals surface area contributed by atoms with E-state index in [9.17, 15) is 0 Å². The average molecular weight is 892 g/mol. The fourth-order valence-electron chi connectivity index (χ4n) is 13.1. The summed E-state index contributed by atoms with van der Waals surface area (Å²) in [5.74, 6) is 0. The van der Waals surface area contributed by atoms with Crippen molar-refractivity contribution >= 4 is 171 Å². The molecular weight excluding hydrogens is 857 g/mol. The summed E-state index contributed by atoms with van der Waals surface area (Å²) in [5, 5.41) is 5.12. The first kappa shape index (κ1) is 33.9. The summed E-state index contributed by atoms with van der Waals surface area (Å²) in [5.41, 5.74) is 26.1. The molecule has 0 saturated heterocycles. The number of fused-ring (bicyclic) bond motifs is 19. The number of hydrogen-bond donors (Lipinski definition) is 0. The zero-order valence-corrected chi connectivity index (χ0v) is 37.1. The molecular formula is C56H34B2N6Se. The molecule has 6 nitrogen and oxygen atoms in total. The number of para-hydroxylation sites is 6. The number of hydrogen-bond acceptors (Lipinski definition) is 6. The Morgan fingerprint density at radius 2 is 0.631 bits per heavy atom. The molecule has 17 rings (SSSR count). The van der Waals surface area contributed by atoms with Gasteiger partial charge >= 0.3 is 384 Å². The van der Waals surface area contributed by atoms with Gasteiger partial charge in [0.1, 0.15) is 0 Å². The summed E-state index contributed by atoms with van der Waals surface area (Å²) in [6.07, 6.45) is 0. The molecule has 0 unspecified atom stereocenters. The van der Waals surface area contributed by atoms with Crippen LogP contribution in [-0.4, -0.2) is 42.0 Å². The molecule has 0 aliphatic carbocycles. The van der Waals surface area contributed by atoms with Crippen molar-refractivity contribution in [2.75, 3.05) is 43.5 Å². The third-order valence-electron chi connectivity index (χ3n) is 15.7. The number of rotatable bonds is 0. The third kappa shape index (κ3) is 3.81. The van der Waals surface area contributed by atoms with E-state index in [0.29, 0.717) is 0 Å². The Balaban J connectivity index is 1.02. The maximum atomic E-state index is 2.69. The van der Waals surface area contributed by atoms with Gasteiger partial charge in [0, 0.05) is 0 Å². The van der Waals surface area contributed by atoms with E-state index in [4.69, 9.17) is 0 Å². The molecule has 0 saturated carbocycles. The van der Waals surface area contributed by atoms with E-state index in [2.05, 4.69) is 213 Å². The van der Waals surface area contributed by atoms with Gasteiger partial charge in [-0.15, -0.1) is 0 Å². The SMILES string of the molecule is CN1c2ccccc2N2c3cc4ccccc4cc3B3c4[se]c5c6c4N(c4ccccc4N6c4ccc6c7c4B5c4cc5ccccc5cc4N7c4ccccc4N6C)c4ccc1c2c43. The first-order valence-electron chi connectivity index (χ1n) is 22.6. The molecule has 7 aliphatic rings. The Kier molecular flexibility index (Phi) is 5.94. The maximum absolute atomic E-state index is 2.69. The van der Waals surface area contributed by atoms with Crippen LogP contribution < -0.4 is 59.9 Å². The fourth-order valence-corrected chi connectivity index (χ4v) is 16.3. The summed E-state index contributed by atoms with van der Waals surface area (Å²) in [6.45, 7) is 0.175. The van der Waals surface area contributed by atoms with Crippen molar-refractivity contribution in [3.63, 3.8) is 0 Å². The van der Waals surface area contributed by atoms with Crippen LogP contribution in [0.4, 0.5) is 91.0 Å². The fraction of sp³-hybridized carbons (Fsp3) is 0.0357. The number of benzene rings is 9. The van der Waals surface area contributed by atoms with E-state index in [-0.39, 0.29) is 27.9 Å². The number of nitrogens with zero attached hydrogens (tertiary/aromatic N) is 6. The molecule has 8 heterocycles. The summed E-state index contributed by atoms with van der Waals surface area (Å²) < 4.78 is 3.13. The van der Waals surface area contributed by atoms with Crippen LogP contribution in [0, 0.1) is 0 Å². The van der Waals surface area contributed by atoms with Crippen molar-refractivity contribution in [1.29, 1.82) is 0 Å². The Morgan fingerprint density at radius 1 is 0.308 bits per heavy atom. The second-order valence-corrected chi connectivity index (χ2v) is 20.8. The molecule has 9 aromatic carbocycles. The molecule has 0 bridgehead atoms. The van der Waals surface area contributed by atoms with Crippen LogP contribution in [0.25, 0.3) is 21.5 Å². The van der Waals surface area contributed by atoms with Crippen molar-refractivity contribution in [1.82, 2.24) is 0 Å². The van der Waals surface area contributed by atoms with Crippen LogP contribution >= 0.6 is 0 Å². The van der Waals surface area contributed by atoms with E-state index >= 15 is 0 Å². The number of anilines is 16. The van der Waals surface area contributed by atoms with E-state index in [0.717, 1.165) is 0 Å². The van der Waals surface area contributed by atoms with Gasteiger partial charge < -0.3 is 0 Å². The van der Waals surface area contributed by atoms with Crippen LogP contribution in [0.15, 0.2) is 170 Å². The van der Waals surface area contributed by atoms with Gasteiger partial charge in [-0.05, 0) is 0 Å². The predicted octanol–water partition coefficient (Wildman–Crippen LogP) is 9.69.